The number of rotatable bonds is 5. The van der Waals surface area contributed by atoms with Crippen LogP contribution in [-0.2, 0) is 9.53 Å². The first-order valence-corrected chi connectivity index (χ1v) is 7.04. The number of carbonyl (C=O) groups excluding carboxylic acids is 2. The highest BCUT2D eigenvalue weighted by molar-refractivity contribution is 5.83. The number of alkyl carbamates (subject to hydrolysis) is 1. The second kappa shape index (κ2) is 7.55. The van der Waals surface area contributed by atoms with E-state index in [1.54, 1.807) is 20.8 Å². The number of hydrogen-bond donors (Lipinski definition) is 1. The van der Waals surface area contributed by atoms with Gasteiger partial charge in [-0.15, -0.1) is 0 Å². The second-order valence-corrected chi connectivity index (χ2v) is 5.96. The lowest BCUT2D eigenvalue weighted by atomic mass is 10.2. The van der Waals surface area contributed by atoms with Crippen LogP contribution in [0.1, 0.15) is 27.7 Å². The molecule has 1 aromatic carbocycles. The number of nitro groups is 2. The summed E-state index contributed by atoms with van der Waals surface area (Å²) in [6, 6.07) is 1.41. The van der Waals surface area contributed by atoms with Crippen molar-refractivity contribution in [3.8, 4) is 5.75 Å². The normalized spacial score (nSPS) is 12.0. The molecule has 1 rings (SSSR count). The third-order valence-corrected chi connectivity index (χ3v) is 2.65. The summed E-state index contributed by atoms with van der Waals surface area (Å²) in [6.07, 6.45) is -0.866. The van der Waals surface area contributed by atoms with Crippen LogP contribution in [0.2, 0.25) is 0 Å². The average Bonchev–Trinajstić information content (AvgIpc) is 2.44. The monoisotopic (exact) mass is 355 g/mol. The fraction of sp³-hybridized carbons (Fsp3) is 0.429. The Morgan fingerprint density at radius 3 is 2.24 bits per heavy atom. The van der Waals surface area contributed by atoms with Gasteiger partial charge in [0.1, 0.15) is 11.6 Å². The zero-order valence-electron chi connectivity index (χ0n) is 14.0. The number of ether oxygens (including phenoxy) is 2. The summed E-state index contributed by atoms with van der Waals surface area (Å²) in [6.45, 7) is 6.20. The van der Waals surface area contributed by atoms with Crippen LogP contribution in [0.3, 0.4) is 0 Å². The molecule has 0 bridgehead atoms. The minimum absolute atomic E-state index is 0.474. The zero-order valence-corrected chi connectivity index (χ0v) is 14.0. The number of carbonyl (C=O) groups is 2. The Morgan fingerprint density at radius 1 is 1.16 bits per heavy atom. The minimum atomic E-state index is -1.16. The maximum Gasteiger partial charge on any atom is 0.408 e. The van der Waals surface area contributed by atoms with Gasteiger partial charge < -0.3 is 14.8 Å². The van der Waals surface area contributed by atoms with E-state index in [-0.39, 0.29) is 0 Å². The molecule has 0 spiro atoms. The number of benzene rings is 1. The standard InChI is InChI=1S/C14H17N3O8/c1-8(15-13(19)25-14(2,3)4)12(18)24-11-6-5-9(16(20)21)7-10(11)17(22)23/h5-8H,1-4H3,(H,15,19)/t8-/m0/s1. The molecule has 0 fully saturated rings. The lowest BCUT2D eigenvalue weighted by Crippen LogP contribution is -2.43. The second-order valence-electron chi connectivity index (χ2n) is 5.96. The molecule has 0 aromatic heterocycles. The van der Waals surface area contributed by atoms with Crippen LogP contribution in [0.5, 0.6) is 5.75 Å². The first-order valence-electron chi connectivity index (χ1n) is 7.04. The summed E-state index contributed by atoms with van der Waals surface area (Å²) >= 11 is 0. The zero-order chi connectivity index (χ0) is 19.4. The number of nitrogens with zero attached hydrogens (tertiary/aromatic N) is 2. The highest BCUT2D eigenvalue weighted by Gasteiger charge is 2.26. The Balaban J connectivity index is 2.87. The van der Waals surface area contributed by atoms with Crippen LogP contribution >= 0.6 is 0 Å². The molecule has 136 valence electrons. The molecule has 0 saturated carbocycles. The van der Waals surface area contributed by atoms with Gasteiger partial charge in [-0.3, -0.25) is 20.2 Å². The van der Waals surface area contributed by atoms with Crippen LogP contribution in [0.15, 0.2) is 18.2 Å². The molecule has 0 heterocycles. The molecule has 1 N–H and O–H groups in total. The molecule has 1 amide bonds. The number of non-ortho nitro benzene ring substituents is 1. The summed E-state index contributed by atoms with van der Waals surface area (Å²) in [7, 11) is 0. The van der Waals surface area contributed by atoms with Crippen molar-refractivity contribution < 1.29 is 28.9 Å². The summed E-state index contributed by atoms with van der Waals surface area (Å²) in [5, 5.41) is 23.9. The van der Waals surface area contributed by atoms with Crippen molar-refractivity contribution in [2.45, 2.75) is 39.3 Å². The SMILES string of the molecule is C[C@H](NC(=O)OC(C)(C)C)C(=O)Oc1ccc([N+](=O)[O-])cc1[N+](=O)[O-]. The molecule has 1 atom stereocenters. The van der Waals surface area contributed by atoms with Gasteiger partial charge in [-0.1, -0.05) is 0 Å². The van der Waals surface area contributed by atoms with Crippen molar-refractivity contribution in [2.75, 3.05) is 0 Å². The Hall–Kier alpha value is -3.24. The van der Waals surface area contributed by atoms with Crippen molar-refractivity contribution in [2.24, 2.45) is 0 Å². The molecule has 11 nitrogen and oxygen atoms in total. The van der Waals surface area contributed by atoms with Gasteiger partial charge in [0, 0.05) is 6.07 Å². The maximum absolute atomic E-state index is 12.0. The van der Waals surface area contributed by atoms with E-state index in [9.17, 15) is 29.8 Å². The third-order valence-electron chi connectivity index (χ3n) is 2.65. The average molecular weight is 355 g/mol. The number of amides is 1. The fourth-order valence-corrected chi connectivity index (χ4v) is 1.59. The van der Waals surface area contributed by atoms with Gasteiger partial charge in [-0.2, -0.15) is 0 Å². The van der Waals surface area contributed by atoms with Gasteiger partial charge in [0.15, 0.2) is 0 Å². The van der Waals surface area contributed by atoms with Gasteiger partial charge in [0.05, 0.1) is 15.9 Å². The molecule has 0 saturated heterocycles. The van der Waals surface area contributed by atoms with Crippen LogP contribution in [0, 0.1) is 20.2 Å². The quantitative estimate of drug-likeness (QED) is 0.366. The number of nitro benzene ring substituents is 2. The summed E-state index contributed by atoms with van der Waals surface area (Å²) in [4.78, 5) is 43.5. The lowest BCUT2D eigenvalue weighted by molar-refractivity contribution is -0.394. The van der Waals surface area contributed by atoms with Crippen LogP contribution in [-0.4, -0.2) is 33.6 Å². The third kappa shape index (κ3) is 6.05. The molecular weight excluding hydrogens is 338 g/mol. The molecule has 0 aliphatic carbocycles. The molecule has 0 aliphatic heterocycles. The lowest BCUT2D eigenvalue weighted by Gasteiger charge is -2.21. The van der Waals surface area contributed by atoms with Crippen LogP contribution in [0.4, 0.5) is 16.2 Å². The van der Waals surface area contributed by atoms with E-state index in [4.69, 9.17) is 9.47 Å². The summed E-state index contributed by atoms with van der Waals surface area (Å²) in [5.41, 5.74) is -2.04. The molecule has 0 aliphatic rings. The Bertz CT molecular complexity index is 711. The molecule has 0 radical (unpaired) electrons. The van der Waals surface area contributed by atoms with E-state index in [0.717, 1.165) is 12.1 Å². The molecule has 11 heteroatoms. The van der Waals surface area contributed by atoms with Crippen LogP contribution < -0.4 is 10.1 Å². The first kappa shape index (κ1) is 19.8. The van der Waals surface area contributed by atoms with Crippen molar-refractivity contribution in [3.63, 3.8) is 0 Å². The highest BCUT2D eigenvalue weighted by atomic mass is 16.6. The summed E-state index contributed by atoms with van der Waals surface area (Å²) in [5.74, 6) is -1.47. The van der Waals surface area contributed by atoms with Crippen molar-refractivity contribution in [3.05, 3.63) is 38.4 Å². The van der Waals surface area contributed by atoms with Crippen molar-refractivity contribution in [1.82, 2.24) is 5.32 Å². The highest BCUT2D eigenvalue weighted by Crippen LogP contribution is 2.31. The van der Waals surface area contributed by atoms with E-state index in [1.807, 2.05) is 0 Å². The van der Waals surface area contributed by atoms with Gasteiger partial charge in [-0.25, -0.2) is 9.59 Å². The van der Waals surface area contributed by atoms with E-state index >= 15 is 0 Å². The van der Waals surface area contributed by atoms with Gasteiger partial charge in [0.2, 0.25) is 5.75 Å². The van der Waals surface area contributed by atoms with E-state index in [1.165, 1.54) is 6.92 Å². The van der Waals surface area contributed by atoms with Gasteiger partial charge in [0.25, 0.3) is 5.69 Å². The predicted octanol–water partition coefficient (Wildman–Crippen LogP) is 2.32. The summed E-state index contributed by atoms with van der Waals surface area (Å²) < 4.78 is 9.83. The smallest absolute Gasteiger partial charge is 0.408 e. The molecular formula is C14H17N3O8. The van der Waals surface area contributed by atoms with Gasteiger partial charge >= 0.3 is 17.7 Å². The molecule has 25 heavy (non-hydrogen) atoms. The number of esters is 1. The Morgan fingerprint density at radius 2 is 1.76 bits per heavy atom. The van der Waals surface area contributed by atoms with Crippen molar-refractivity contribution >= 4 is 23.4 Å². The maximum atomic E-state index is 12.0. The number of hydrogen-bond acceptors (Lipinski definition) is 8. The predicted molar refractivity (Wildman–Crippen MR) is 84.2 cm³/mol. The van der Waals surface area contributed by atoms with Gasteiger partial charge in [-0.05, 0) is 33.8 Å². The van der Waals surface area contributed by atoms with E-state index < -0.39 is 50.7 Å². The topological polar surface area (TPSA) is 151 Å². The first-order chi connectivity index (χ1) is 11.4. The van der Waals surface area contributed by atoms with E-state index in [0.29, 0.717) is 6.07 Å². The largest absolute Gasteiger partial charge is 0.444 e. The molecule has 0 unspecified atom stereocenters. The Labute approximate surface area is 142 Å². The Kier molecular flexibility index (Phi) is 5.98. The fourth-order valence-electron chi connectivity index (χ4n) is 1.59. The number of nitrogens with one attached hydrogen (secondary N) is 1. The molecule has 1 aromatic rings. The van der Waals surface area contributed by atoms with E-state index in [2.05, 4.69) is 5.32 Å². The van der Waals surface area contributed by atoms with Crippen LogP contribution in [0.25, 0.3) is 0 Å². The minimum Gasteiger partial charge on any atom is -0.444 e. The van der Waals surface area contributed by atoms with Crippen molar-refractivity contribution in [1.29, 1.82) is 0 Å².